The number of hydrogen-bond donors (Lipinski definition) is 4. The largest absolute Gasteiger partial charge is 0.323 e. The van der Waals surface area contributed by atoms with Crippen LogP contribution in [0.15, 0.2) is 59.5 Å². The predicted octanol–water partition coefficient (Wildman–Crippen LogP) is 2.16. The maximum Gasteiger partial charge on any atom is 0.257 e. The van der Waals surface area contributed by atoms with Crippen molar-refractivity contribution in [1.29, 1.82) is 0 Å². The molecule has 0 radical (unpaired) electrons. The van der Waals surface area contributed by atoms with E-state index >= 15 is 0 Å². The van der Waals surface area contributed by atoms with Crippen molar-refractivity contribution < 1.29 is 8.42 Å². The summed E-state index contributed by atoms with van der Waals surface area (Å²) in [5.41, 5.74) is 4.30. The highest BCUT2D eigenvalue weighted by Gasteiger charge is 2.14. The fourth-order valence-corrected chi connectivity index (χ4v) is 2.76. The van der Waals surface area contributed by atoms with Crippen LogP contribution in [0.3, 0.4) is 0 Å². The Hall–Kier alpha value is -2.91. The molecule has 0 fully saturated rings. The molecule has 0 spiro atoms. The summed E-state index contributed by atoms with van der Waals surface area (Å²) in [6, 6.07) is 15.9. The maximum atomic E-state index is 12.2. The number of rotatable bonds is 6. The Bertz CT molecular complexity index is 907. The van der Waals surface area contributed by atoms with Crippen molar-refractivity contribution in [1.82, 2.24) is 20.0 Å². The second kappa shape index (κ2) is 6.69. The smallest absolute Gasteiger partial charge is 0.257 e. The zero-order valence-electron chi connectivity index (χ0n) is 12.8. The number of hydrazine groups is 1. The molecule has 0 aliphatic carbocycles. The van der Waals surface area contributed by atoms with Crippen LogP contribution in [0.2, 0.25) is 0 Å². The molecule has 124 valence electrons. The van der Waals surface area contributed by atoms with Gasteiger partial charge in [-0.05, 0) is 31.2 Å². The molecule has 0 unspecified atom stereocenters. The molecule has 0 saturated carbocycles. The average molecular weight is 344 g/mol. The van der Waals surface area contributed by atoms with E-state index < -0.39 is 10.0 Å². The lowest BCUT2D eigenvalue weighted by molar-refractivity contribution is 0.587. The SMILES string of the molecule is Cc1ccc(S(=O)(=O)NNc2nc(Nc3ccccc3)n[nH]2)cc1. The third kappa shape index (κ3) is 3.89. The molecule has 0 aliphatic heterocycles. The van der Waals surface area contributed by atoms with Crippen LogP contribution in [-0.2, 0) is 10.0 Å². The van der Waals surface area contributed by atoms with Crippen LogP contribution in [0.25, 0.3) is 0 Å². The Labute approximate surface area is 139 Å². The highest BCUT2D eigenvalue weighted by molar-refractivity contribution is 7.89. The molecule has 0 amide bonds. The van der Waals surface area contributed by atoms with E-state index in [-0.39, 0.29) is 10.8 Å². The van der Waals surface area contributed by atoms with Crippen LogP contribution in [0.1, 0.15) is 5.56 Å². The van der Waals surface area contributed by atoms with Gasteiger partial charge < -0.3 is 5.32 Å². The van der Waals surface area contributed by atoms with Crippen molar-refractivity contribution in [2.45, 2.75) is 11.8 Å². The zero-order chi connectivity index (χ0) is 17.0. The average Bonchev–Trinajstić information content (AvgIpc) is 3.02. The second-order valence-electron chi connectivity index (χ2n) is 5.04. The molecule has 24 heavy (non-hydrogen) atoms. The van der Waals surface area contributed by atoms with Crippen molar-refractivity contribution in [3.8, 4) is 0 Å². The molecule has 2 aromatic carbocycles. The van der Waals surface area contributed by atoms with Gasteiger partial charge in [0.25, 0.3) is 10.0 Å². The van der Waals surface area contributed by atoms with E-state index in [2.05, 4.69) is 30.8 Å². The van der Waals surface area contributed by atoms with E-state index in [1.165, 1.54) is 12.1 Å². The summed E-state index contributed by atoms with van der Waals surface area (Å²) < 4.78 is 24.3. The lowest BCUT2D eigenvalue weighted by Crippen LogP contribution is -2.30. The lowest BCUT2D eigenvalue weighted by atomic mass is 10.2. The number of H-pyrrole nitrogens is 1. The third-order valence-corrected chi connectivity index (χ3v) is 4.41. The van der Waals surface area contributed by atoms with Crippen molar-refractivity contribution in [3.05, 3.63) is 60.2 Å². The Morgan fingerprint density at radius 1 is 1.00 bits per heavy atom. The second-order valence-corrected chi connectivity index (χ2v) is 6.72. The molecular weight excluding hydrogens is 328 g/mol. The van der Waals surface area contributed by atoms with Crippen LogP contribution in [0, 0.1) is 6.92 Å². The number of hydrogen-bond acceptors (Lipinski definition) is 6. The van der Waals surface area contributed by atoms with Gasteiger partial charge in [0.2, 0.25) is 11.9 Å². The molecule has 1 aromatic heterocycles. The highest BCUT2D eigenvalue weighted by Crippen LogP contribution is 2.13. The number of para-hydroxylation sites is 1. The van der Waals surface area contributed by atoms with Gasteiger partial charge in [0.1, 0.15) is 0 Å². The number of nitrogens with zero attached hydrogens (tertiary/aromatic N) is 2. The minimum atomic E-state index is -3.69. The molecule has 9 heteroatoms. The van der Waals surface area contributed by atoms with E-state index in [0.29, 0.717) is 5.95 Å². The standard InChI is InChI=1S/C15H16N6O2S/c1-11-7-9-13(10-8-11)24(22,23)21-20-15-17-14(18-19-15)16-12-5-3-2-4-6-12/h2-10,21H,1H3,(H3,16,17,18,19,20). The Kier molecular flexibility index (Phi) is 4.45. The molecule has 1 heterocycles. The van der Waals surface area contributed by atoms with Gasteiger partial charge in [-0.15, -0.1) is 9.93 Å². The summed E-state index contributed by atoms with van der Waals surface area (Å²) in [7, 11) is -3.69. The first-order valence-corrected chi connectivity index (χ1v) is 8.60. The van der Waals surface area contributed by atoms with Crippen molar-refractivity contribution in [2.75, 3.05) is 10.7 Å². The van der Waals surface area contributed by atoms with E-state index in [1.54, 1.807) is 12.1 Å². The van der Waals surface area contributed by atoms with Crippen LogP contribution in [0.4, 0.5) is 17.6 Å². The highest BCUT2D eigenvalue weighted by atomic mass is 32.2. The van der Waals surface area contributed by atoms with Crippen LogP contribution in [0.5, 0.6) is 0 Å². The monoisotopic (exact) mass is 344 g/mol. The molecule has 0 atom stereocenters. The summed E-state index contributed by atoms with van der Waals surface area (Å²) in [6.45, 7) is 1.89. The number of aromatic nitrogens is 3. The number of aryl methyl sites for hydroxylation is 1. The minimum Gasteiger partial charge on any atom is -0.323 e. The van der Waals surface area contributed by atoms with E-state index in [4.69, 9.17) is 0 Å². The maximum absolute atomic E-state index is 12.2. The van der Waals surface area contributed by atoms with Gasteiger partial charge in [0, 0.05) is 5.69 Å². The van der Waals surface area contributed by atoms with Crippen LogP contribution in [-0.4, -0.2) is 23.6 Å². The molecule has 8 nitrogen and oxygen atoms in total. The first-order chi connectivity index (χ1) is 11.5. The quantitative estimate of drug-likeness (QED) is 0.510. The topological polar surface area (TPSA) is 112 Å². The predicted molar refractivity (Wildman–Crippen MR) is 91.2 cm³/mol. The van der Waals surface area contributed by atoms with Gasteiger partial charge in [0.15, 0.2) is 0 Å². The van der Waals surface area contributed by atoms with Gasteiger partial charge in [-0.25, -0.2) is 13.5 Å². The van der Waals surface area contributed by atoms with Crippen molar-refractivity contribution in [3.63, 3.8) is 0 Å². The molecule has 0 aliphatic rings. The Morgan fingerprint density at radius 2 is 1.71 bits per heavy atom. The van der Waals surface area contributed by atoms with E-state index in [0.717, 1.165) is 11.3 Å². The summed E-state index contributed by atoms with van der Waals surface area (Å²) in [5, 5.41) is 9.54. The zero-order valence-corrected chi connectivity index (χ0v) is 13.6. The first kappa shape index (κ1) is 16.0. The fraction of sp³-hybridized carbons (Fsp3) is 0.0667. The Morgan fingerprint density at radius 3 is 2.42 bits per heavy atom. The van der Waals surface area contributed by atoms with Gasteiger partial charge in [-0.1, -0.05) is 35.9 Å². The molecule has 0 bridgehead atoms. The number of aromatic amines is 1. The van der Waals surface area contributed by atoms with Crippen molar-refractivity contribution in [2.24, 2.45) is 0 Å². The van der Waals surface area contributed by atoms with Crippen LogP contribution >= 0.6 is 0 Å². The summed E-state index contributed by atoms with van der Waals surface area (Å²) in [4.78, 5) is 6.50. The van der Waals surface area contributed by atoms with Gasteiger partial charge >= 0.3 is 0 Å². The third-order valence-electron chi connectivity index (χ3n) is 3.15. The number of anilines is 3. The van der Waals surface area contributed by atoms with Crippen LogP contribution < -0.4 is 15.6 Å². The molecular formula is C15H16N6O2S. The molecule has 4 N–H and O–H groups in total. The summed E-state index contributed by atoms with van der Waals surface area (Å²) in [6.07, 6.45) is 0. The Balaban J connectivity index is 1.64. The lowest BCUT2D eigenvalue weighted by Gasteiger charge is -2.07. The first-order valence-electron chi connectivity index (χ1n) is 7.12. The fourth-order valence-electron chi connectivity index (χ4n) is 1.92. The molecule has 3 aromatic rings. The van der Waals surface area contributed by atoms with Gasteiger partial charge in [-0.2, -0.15) is 4.98 Å². The molecule has 0 saturated heterocycles. The number of nitrogens with one attached hydrogen (secondary N) is 4. The van der Waals surface area contributed by atoms with Gasteiger partial charge in [-0.3, -0.25) is 5.43 Å². The summed E-state index contributed by atoms with van der Waals surface area (Å²) in [5.74, 6) is 0.488. The van der Waals surface area contributed by atoms with E-state index in [1.807, 2.05) is 37.3 Å². The summed E-state index contributed by atoms with van der Waals surface area (Å²) >= 11 is 0. The normalized spacial score (nSPS) is 11.2. The van der Waals surface area contributed by atoms with E-state index in [9.17, 15) is 8.42 Å². The number of benzene rings is 2. The minimum absolute atomic E-state index is 0.155. The van der Waals surface area contributed by atoms with Crippen molar-refractivity contribution >= 4 is 27.6 Å². The molecule has 3 rings (SSSR count). The number of sulfonamides is 1. The van der Waals surface area contributed by atoms with Gasteiger partial charge in [0.05, 0.1) is 4.90 Å².